The van der Waals surface area contributed by atoms with E-state index in [4.69, 9.17) is 0 Å². The SMILES string of the molecule is Cc1cc(NC(C)C)ncc1-c1sc(C(=O)NCC(C)(C)O)nc1C(=O)N1CCCC[C@@H]1C.Cc1cc(NC2CCCCC2)ncc1-c1sc(C(=O)NCC(C)(C)O)nc1C(=O)N1CCCC[C@@H]1C.Cc1cc(N[C@@H](C)C2CC2)ncc1-c1sc(C(=O)NCC(C)(C)O)nc1C(=O)N1CCCC[C@@H]1C.Cc1cc(N[C@@H](C)C2CC2)ncc1-c1sc(C(=O)NCC(C)(C)O)nc1C(=O)N1CCC[C@@H]1C. The first-order valence-corrected chi connectivity index (χ1v) is 52.6. The summed E-state index contributed by atoms with van der Waals surface area (Å²) in [5.74, 6) is 2.46. The normalized spacial score (nSPS) is 18.7. The second kappa shape index (κ2) is 46.6. The first-order valence-electron chi connectivity index (χ1n) is 49.4. The van der Waals surface area contributed by atoms with Crippen molar-refractivity contribution >= 4 is 116 Å². The molecule has 0 radical (unpaired) electrons. The van der Waals surface area contributed by atoms with E-state index in [2.05, 4.69) is 117 Å². The standard InChI is InChI=1S/C27H39N5O3S.C26H37N5O3S.C25H35N5O3S.C24H35N5O3S/c1-17-14-21(30-19-11-6-5-7-12-19)28-15-20(17)23-22(26(34)32-13-9-8-10-18(32)2)31-25(36-23)24(33)29-16-27(3,4)35;1-15-12-20(29-17(3)18-9-10-18)27-13-19(15)22-21(25(33)31-11-7-6-8-16(31)2)30-24(35-22)23(32)28-14-26(4,5)34;1-14-11-19(28-16(3)17-8-9-17)26-12-18(14)21-20(24(32)30-10-6-7-15(30)2)29-23(34-21)22(31)27-13-25(4,5)33;1-14(2)27-18-11-15(3)17(12-25-18)20-19(23(31)29-10-8-7-9-16(29)4)28-22(33-20)21(30)26-13-24(5,6)32/h14-15,18-19,35H,5-13,16H2,1-4H3,(H,28,30)(H,29,33);12-13,16-18,34H,6-11,14H2,1-5H3,(H,27,29)(H,28,32);11-12,15-17,33H,6-10,13H2,1-5H3,(H,26,28)(H,27,31);11-12,14,16,32H,7-10,13H2,1-6H3,(H,25,27)(H,26,30)/t18-;16-,17-;15-,16-;16-/m0000/s1. The minimum atomic E-state index is -1.04. The summed E-state index contributed by atoms with van der Waals surface area (Å²) >= 11 is 4.79. The van der Waals surface area contributed by atoms with Gasteiger partial charge in [-0.25, -0.2) is 39.9 Å². The highest BCUT2D eigenvalue weighted by Crippen LogP contribution is 2.43. The fraction of sp³-hybridized carbons (Fsp3) is 0.608. The van der Waals surface area contributed by atoms with Gasteiger partial charge in [-0.1, -0.05) is 19.3 Å². The average Bonchev–Trinajstić information content (AvgIpc) is 1.64. The first kappa shape index (κ1) is 107. The van der Waals surface area contributed by atoms with Crippen LogP contribution in [0.3, 0.4) is 0 Å². The average molecular weight is 1970 g/mol. The maximum atomic E-state index is 13.7. The first-order chi connectivity index (χ1) is 65.1. The van der Waals surface area contributed by atoms with Crippen LogP contribution in [0.1, 0.15) is 343 Å². The molecule has 3 saturated carbocycles. The van der Waals surface area contributed by atoms with Crippen LogP contribution in [0.2, 0.25) is 0 Å². The molecule has 0 bridgehead atoms. The number of hydrogen-bond acceptors (Lipinski definition) is 28. The van der Waals surface area contributed by atoms with Crippen molar-refractivity contribution < 1.29 is 58.8 Å². The molecule has 12 heterocycles. The quantitative estimate of drug-likeness (QED) is 0.0199. The van der Waals surface area contributed by atoms with E-state index in [1.165, 1.54) is 90.3 Å². The van der Waals surface area contributed by atoms with Gasteiger partial charge < -0.3 is 82.6 Å². The molecule has 32 nitrogen and oxygen atoms in total. The number of thiazole rings is 4. The van der Waals surface area contributed by atoms with Crippen molar-refractivity contribution in [3.63, 3.8) is 0 Å². The summed E-state index contributed by atoms with van der Waals surface area (Å²) in [4.78, 5) is 152. The smallest absolute Gasteiger partial charge is 0.280 e. The number of carbonyl (C=O) groups excluding carboxylic acids is 8. The minimum Gasteiger partial charge on any atom is -0.389 e. The molecular formula is C102H146N20O12S4. The molecule has 138 heavy (non-hydrogen) atoms. The fourth-order valence-electron chi connectivity index (χ4n) is 17.6. The molecule has 8 aromatic heterocycles. The Bertz CT molecular complexity index is 5610. The number of anilines is 4. The monoisotopic (exact) mass is 1970 g/mol. The number of amides is 8. The second-order valence-corrected chi connectivity index (χ2v) is 45.6. The zero-order valence-electron chi connectivity index (χ0n) is 84.2. The van der Waals surface area contributed by atoms with Gasteiger partial charge in [-0.05, 0) is 306 Å². The van der Waals surface area contributed by atoms with E-state index in [9.17, 15) is 58.8 Å². The highest BCUT2D eigenvalue weighted by atomic mass is 32.1. The molecule has 0 aromatic carbocycles. The third kappa shape index (κ3) is 29.3. The molecule has 4 aliphatic heterocycles. The Morgan fingerprint density at radius 3 is 0.833 bits per heavy atom. The van der Waals surface area contributed by atoms with Gasteiger partial charge in [0.25, 0.3) is 47.3 Å². The summed E-state index contributed by atoms with van der Waals surface area (Å²) < 4.78 is 0. The van der Waals surface area contributed by atoms with Gasteiger partial charge in [0.2, 0.25) is 0 Å². The van der Waals surface area contributed by atoms with Crippen molar-refractivity contribution in [2.75, 3.05) is 73.6 Å². The molecule has 8 amide bonds. The van der Waals surface area contributed by atoms with Gasteiger partial charge in [-0.15, -0.1) is 45.3 Å². The van der Waals surface area contributed by atoms with Crippen molar-refractivity contribution in [2.45, 2.75) is 338 Å². The fourth-order valence-corrected chi connectivity index (χ4v) is 21.8. The Morgan fingerprint density at radius 1 is 0.348 bits per heavy atom. The van der Waals surface area contributed by atoms with Crippen molar-refractivity contribution in [2.24, 2.45) is 11.8 Å². The molecule has 36 heteroatoms. The summed E-state index contributed by atoms with van der Waals surface area (Å²) in [7, 11) is 0. The highest BCUT2D eigenvalue weighted by molar-refractivity contribution is 7.18. The van der Waals surface area contributed by atoms with Crippen LogP contribution in [0.5, 0.6) is 0 Å². The van der Waals surface area contributed by atoms with E-state index < -0.39 is 46.0 Å². The number of nitrogens with zero attached hydrogens (tertiary/aromatic N) is 12. The Morgan fingerprint density at radius 2 is 0.594 bits per heavy atom. The molecule has 0 unspecified atom stereocenters. The summed E-state index contributed by atoms with van der Waals surface area (Å²) in [6.07, 6.45) is 29.2. The van der Waals surface area contributed by atoms with Crippen LogP contribution in [0, 0.1) is 39.5 Å². The van der Waals surface area contributed by atoms with Gasteiger partial charge in [0, 0.05) is 148 Å². The number of aryl methyl sites for hydroxylation is 4. The topological polar surface area (TPSA) is 430 Å². The minimum absolute atomic E-state index is 0.0866. The van der Waals surface area contributed by atoms with E-state index in [1.807, 2.05) is 92.3 Å². The lowest BCUT2D eigenvalue weighted by Crippen LogP contribution is -2.42. The summed E-state index contributed by atoms with van der Waals surface area (Å²) in [6.45, 7) is 40.8. The Kier molecular flexibility index (Phi) is 36.0. The zero-order chi connectivity index (χ0) is 100. The van der Waals surface area contributed by atoms with Crippen LogP contribution in [-0.4, -0.2) is 250 Å². The molecule has 6 atom stereocenters. The number of carbonyl (C=O) groups is 8. The zero-order valence-corrected chi connectivity index (χ0v) is 87.5. The predicted octanol–water partition coefficient (Wildman–Crippen LogP) is 16.7. The van der Waals surface area contributed by atoms with Gasteiger partial charge in [-0.2, -0.15) is 0 Å². The molecular weight excluding hydrogens is 1830 g/mol. The van der Waals surface area contributed by atoms with Crippen molar-refractivity contribution in [1.29, 1.82) is 0 Å². The maximum Gasteiger partial charge on any atom is 0.280 e. The molecule has 0 spiro atoms. The molecule has 3 aliphatic carbocycles. The third-order valence-electron chi connectivity index (χ3n) is 26.1. The van der Waals surface area contributed by atoms with Crippen molar-refractivity contribution in [1.82, 2.24) is 80.7 Å². The number of aromatic nitrogens is 8. The number of piperidine rings is 3. The lowest BCUT2D eigenvalue weighted by Gasteiger charge is -2.33. The van der Waals surface area contributed by atoms with Crippen LogP contribution in [0.25, 0.3) is 41.8 Å². The van der Waals surface area contributed by atoms with E-state index >= 15 is 0 Å². The van der Waals surface area contributed by atoms with Crippen LogP contribution >= 0.6 is 45.3 Å². The van der Waals surface area contributed by atoms with Gasteiger partial charge in [0.05, 0.1) is 41.9 Å². The lowest BCUT2D eigenvalue weighted by molar-refractivity contribution is 0.0622. The van der Waals surface area contributed by atoms with Crippen LogP contribution < -0.4 is 42.5 Å². The summed E-state index contributed by atoms with van der Waals surface area (Å²) in [5, 5.41) is 65.5. The van der Waals surface area contributed by atoms with Gasteiger partial charge >= 0.3 is 0 Å². The van der Waals surface area contributed by atoms with Crippen LogP contribution in [-0.2, 0) is 0 Å². The van der Waals surface area contributed by atoms with Crippen LogP contribution in [0.4, 0.5) is 23.3 Å². The van der Waals surface area contributed by atoms with Gasteiger partial charge in [-0.3, -0.25) is 38.4 Å². The van der Waals surface area contributed by atoms with E-state index in [0.717, 1.165) is 151 Å². The lowest BCUT2D eigenvalue weighted by atomic mass is 9.95. The maximum absolute atomic E-state index is 13.7. The van der Waals surface area contributed by atoms with Gasteiger partial charge in [0.15, 0.2) is 20.0 Å². The second-order valence-electron chi connectivity index (χ2n) is 41.6. The number of aliphatic hydroxyl groups is 4. The molecule has 4 saturated heterocycles. The third-order valence-corrected chi connectivity index (χ3v) is 30.4. The Balaban J connectivity index is 0.000000165. The van der Waals surface area contributed by atoms with Gasteiger partial charge in [0.1, 0.15) is 46.0 Å². The van der Waals surface area contributed by atoms with Crippen LogP contribution in [0.15, 0.2) is 49.1 Å². The number of likely N-dealkylation sites (tertiary alicyclic amines) is 4. The largest absolute Gasteiger partial charge is 0.389 e. The molecule has 750 valence electrons. The summed E-state index contributed by atoms with van der Waals surface area (Å²) in [5.41, 5.74) is 4.10. The van der Waals surface area contributed by atoms with E-state index in [-0.39, 0.29) is 106 Å². The molecule has 12 N–H and O–H groups in total. The van der Waals surface area contributed by atoms with E-state index in [1.54, 1.807) is 80.2 Å². The Labute approximate surface area is 829 Å². The molecule has 8 aromatic rings. The Hall–Kier alpha value is -10.1. The molecule has 15 rings (SSSR count). The number of pyridine rings is 4. The van der Waals surface area contributed by atoms with Crippen molar-refractivity contribution in [3.05, 3.63) is 114 Å². The number of nitrogens with one attached hydrogen (secondary N) is 8. The predicted molar refractivity (Wildman–Crippen MR) is 549 cm³/mol. The highest BCUT2D eigenvalue weighted by Gasteiger charge is 2.39. The molecule has 7 fully saturated rings. The number of rotatable bonds is 30. The molecule has 7 aliphatic rings. The number of hydrogen-bond donors (Lipinski definition) is 12. The van der Waals surface area contributed by atoms with Crippen molar-refractivity contribution in [3.8, 4) is 41.8 Å². The van der Waals surface area contributed by atoms with E-state index in [0.29, 0.717) is 92.7 Å². The summed E-state index contributed by atoms with van der Waals surface area (Å²) in [6, 6.07) is 9.95.